The van der Waals surface area contributed by atoms with Gasteiger partial charge in [0, 0.05) is 23.7 Å². The maximum atomic E-state index is 12.6. The Morgan fingerprint density at radius 1 is 1.07 bits per heavy atom. The lowest BCUT2D eigenvalue weighted by Crippen LogP contribution is -2.30. The van der Waals surface area contributed by atoms with Crippen LogP contribution in [0.4, 0.5) is 0 Å². The van der Waals surface area contributed by atoms with Crippen molar-refractivity contribution in [1.82, 2.24) is 10.3 Å². The maximum absolute atomic E-state index is 12.6. The number of fused-ring (bicyclic) bond motifs is 1. The van der Waals surface area contributed by atoms with Gasteiger partial charge in [-0.15, -0.1) is 0 Å². The van der Waals surface area contributed by atoms with E-state index in [4.69, 9.17) is 4.74 Å². The Labute approximate surface area is 165 Å². The van der Waals surface area contributed by atoms with E-state index in [2.05, 4.69) is 10.3 Å². The zero-order chi connectivity index (χ0) is 19.3. The van der Waals surface area contributed by atoms with E-state index < -0.39 is 0 Å². The Morgan fingerprint density at radius 2 is 1.89 bits per heavy atom. The second kappa shape index (κ2) is 8.42. The van der Waals surface area contributed by atoms with Gasteiger partial charge in [-0.25, -0.2) is 0 Å². The lowest BCUT2D eigenvalue weighted by molar-refractivity contribution is 0.0943. The number of aryl methyl sites for hydroxylation is 1. The average Bonchev–Trinajstić information content (AvgIpc) is 2.74. The highest BCUT2D eigenvalue weighted by Gasteiger charge is 2.16. The van der Waals surface area contributed by atoms with Crippen LogP contribution in [0.1, 0.15) is 48.0 Å². The summed E-state index contributed by atoms with van der Waals surface area (Å²) in [5, 5.41) is 4.06. The Balaban J connectivity index is 1.51. The largest absolute Gasteiger partial charge is 0.456 e. The van der Waals surface area contributed by atoms with Crippen molar-refractivity contribution in [3.8, 4) is 11.5 Å². The summed E-state index contributed by atoms with van der Waals surface area (Å²) < 4.78 is 6.19. The lowest BCUT2D eigenvalue weighted by atomic mass is 9.89. The van der Waals surface area contributed by atoms with Gasteiger partial charge in [0.05, 0.1) is 5.52 Å². The van der Waals surface area contributed by atoms with Crippen LogP contribution in [0.25, 0.3) is 10.9 Å². The van der Waals surface area contributed by atoms with Crippen LogP contribution in [0.2, 0.25) is 0 Å². The maximum Gasteiger partial charge on any atom is 0.251 e. The van der Waals surface area contributed by atoms with E-state index in [9.17, 15) is 4.79 Å². The van der Waals surface area contributed by atoms with Crippen molar-refractivity contribution >= 4 is 16.8 Å². The van der Waals surface area contributed by atoms with E-state index in [1.54, 1.807) is 6.20 Å². The smallest absolute Gasteiger partial charge is 0.251 e. The summed E-state index contributed by atoms with van der Waals surface area (Å²) in [6, 6.07) is 15.4. The summed E-state index contributed by atoms with van der Waals surface area (Å²) in [4.78, 5) is 17.0. The number of nitrogens with one attached hydrogen (secondary N) is 1. The van der Waals surface area contributed by atoms with Gasteiger partial charge in [0.25, 0.3) is 5.91 Å². The molecule has 0 atom stereocenters. The van der Waals surface area contributed by atoms with E-state index in [0.717, 1.165) is 28.8 Å². The van der Waals surface area contributed by atoms with Gasteiger partial charge in [0.15, 0.2) is 0 Å². The highest BCUT2D eigenvalue weighted by atomic mass is 16.5. The van der Waals surface area contributed by atoms with Crippen LogP contribution in [0.5, 0.6) is 11.5 Å². The molecule has 1 amide bonds. The third kappa shape index (κ3) is 4.16. The van der Waals surface area contributed by atoms with E-state index in [0.29, 0.717) is 17.2 Å². The summed E-state index contributed by atoms with van der Waals surface area (Å²) in [5.41, 5.74) is 2.51. The summed E-state index contributed by atoms with van der Waals surface area (Å²) in [5.74, 6) is 2.02. The van der Waals surface area contributed by atoms with E-state index in [-0.39, 0.29) is 5.91 Å². The number of carbonyl (C=O) groups excluding carboxylic acids is 1. The highest BCUT2D eigenvalue weighted by Crippen LogP contribution is 2.31. The van der Waals surface area contributed by atoms with Crippen molar-refractivity contribution in [2.45, 2.75) is 39.0 Å². The quantitative estimate of drug-likeness (QED) is 0.628. The first-order valence-corrected chi connectivity index (χ1v) is 10.1. The number of hydrogen-bond donors (Lipinski definition) is 1. The number of carbonyl (C=O) groups is 1. The number of amides is 1. The standard InChI is InChI=1S/C24H26N2O2/c1-17-11-12-19(24(27)26-16-18-7-3-2-4-8-18)15-23(17)28-22-13-14-25-21-10-6-5-9-20(21)22/h5-6,9-15,18H,2-4,7-8,16H2,1H3,(H,26,27). The van der Waals surface area contributed by atoms with Crippen LogP contribution >= 0.6 is 0 Å². The molecule has 0 bridgehead atoms. The van der Waals surface area contributed by atoms with E-state index in [1.807, 2.05) is 55.5 Å². The second-order valence-electron chi connectivity index (χ2n) is 7.62. The highest BCUT2D eigenvalue weighted by molar-refractivity contribution is 5.94. The minimum absolute atomic E-state index is 0.0324. The Morgan fingerprint density at radius 3 is 2.75 bits per heavy atom. The summed E-state index contributed by atoms with van der Waals surface area (Å²) in [6.45, 7) is 2.75. The minimum atomic E-state index is -0.0324. The lowest BCUT2D eigenvalue weighted by Gasteiger charge is -2.21. The molecule has 1 heterocycles. The summed E-state index contributed by atoms with van der Waals surface area (Å²) in [6.07, 6.45) is 8.07. The van der Waals surface area contributed by atoms with Crippen molar-refractivity contribution < 1.29 is 9.53 Å². The molecule has 1 aliphatic carbocycles. The summed E-state index contributed by atoms with van der Waals surface area (Å²) >= 11 is 0. The molecule has 0 spiro atoms. The number of ether oxygens (including phenoxy) is 1. The van der Waals surface area contributed by atoms with Crippen molar-refractivity contribution in [3.63, 3.8) is 0 Å². The van der Waals surface area contributed by atoms with Crippen LogP contribution in [0.3, 0.4) is 0 Å². The fourth-order valence-corrected chi connectivity index (χ4v) is 3.86. The Bertz CT molecular complexity index is 972. The fourth-order valence-electron chi connectivity index (χ4n) is 3.86. The minimum Gasteiger partial charge on any atom is -0.456 e. The molecule has 1 aliphatic rings. The molecule has 0 aliphatic heterocycles. The average molecular weight is 374 g/mol. The monoisotopic (exact) mass is 374 g/mol. The number of rotatable bonds is 5. The van der Waals surface area contributed by atoms with Crippen molar-refractivity contribution in [2.24, 2.45) is 5.92 Å². The molecule has 2 aromatic carbocycles. The Hall–Kier alpha value is -2.88. The molecule has 28 heavy (non-hydrogen) atoms. The number of nitrogens with zero attached hydrogens (tertiary/aromatic N) is 1. The molecular weight excluding hydrogens is 348 g/mol. The molecule has 0 radical (unpaired) electrons. The molecular formula is C24H26N2O2. The van der Waals surface area contributed by atoms with Crippen molar-refractivity contribution in [1.29, 1.82) is 0 Å². The molecule has 3 aromatic rings. The second-order valence-corrected chi connectivity index (χ2v) is 7.62. The number of hydrogen-bond acceptors (Lipinski definition) is 3. The zero-order valence-electron chi connectivity index (χ0n) is 16.3. The molecule has 0 saturated heterocycles. The number of benzene rings is 2. The summed E-state index contributed by atoms with van der Waals surface area (Å²) in [7, 11) is 0. The Kier molecular flexibility index (Phi) is 5.56. The molecule has 1 N–H and O–H groups in total. The molecule has 4 heteroatoms. The van der Waals surface area contributed by atoms with Gasteiger partial charge >= 0.3 is 0 Å². The van der Waals surface area contributed by atoms with Gasteiger partial charge < -0.3 is 10.1 Å². The number of pyridine rings is 1. The topological polar surface area (TPSA) is 51.2 Å². The molecule has 144 valence electrons. The van der Waals surface area contributed by atoms with Crippen LogP contribution < -0.4 is 10.1 Å². The van der Waals surface area contributed by atoms with Crippen molar-refractivity contribution in [3.05, 3.63) is 65.9 Å². The van der Waals surface area contributed by atoms with E-state index >= 15 is 0 Å². The van der Waals surface area contributed by atoms with Gasteiger partial charge in [0.2, 0.25) is 0 Å². The van der Waals surface area contributed by atoms with Gasteiger partial charge in [-0.2, -0.15) is 0 Å². The van der Waals surface area contributed by atoms with Crippen LogP contribution in [-0.2, 0) is 0 Å². The number of aromatic nitrogens is 1. The SMILES string of the molecule is Cc1ccc(C(=O)NCC2CCCCC2)cc1Oc1ccnc2ccccc12. The molecule has 1 aromatic heterocycles. The fraction of sp³-hybridized carbons (Fsp3) is 0.333. The first-order valence-electron chi connectivity index (χ1n) is 10.1. The third-order valence-corrected chi connectivity index (χ3v) is 5.56. The van der Waals surface area contributed by atoms with Gasteiger partial charge in [-0.1, -0.05) is 37.5 Å². The first-order chi connectivity index (χ1) is 13.7. The molecule has 4 nitrogen and oxygen atoms in total. The van der Waals surface area contributed by atoms with Crippen LogP contribution in [0.15, 0.2) is 54.7 Å². The van der Waals surface area contributed by atoms with Gasteiger partial charge in [-0.05, 0) is 61.6 Å². The van der Waals surface area contributed by atoms with Crippen LogP contribution in [0, 0.1) is 12.8 Å². The van der Waals surface area contributed by atoms with Crippen LogP contribution in [-0.4, -0.2) is 17.4 Å². The molecule has 4 rings (SSSR count). The number of para-hydroxylation sites is 1. The molecule has 1 saturated carbocycles. The zero-order valence-corrected chi connectivity index (χ0v) is 16.3. The first kappa shape index (κ1) is 18.5. The predicted molar refractivity (Wildman–Crippen MR) is 112 cm³/mol. The van der Waals surface area contributed by atoms with Gasteiger partial charge in [-0.3, -0.25) is 9.78 Å². The normalized spacial score (nSPS) is 14.8. The van der Waals surface area contributed by atoms with Crippen molar-refractivity contribution in [2.75, 3.05) is 6.54 Å². The predicted octanol–water partition coefficient (Wildman–Crippen LogP) is 5.65. The molecule has 1 fully saturated rings. The van der Waals surface area contributed by atoms with Gasteiger partial charge in [0.1, 0.15) is 11.5 Å². The van der Waals surface area contributed by atoms with E-state index in [1.165, 1.54) is 32.1 Å². The third-order valence-electron chi connectivity index (χ3n) is 5.56. The molecule has 0 unspecified atom stereocenters.